The minimum absolute atomic E-state index is 0.0195. The first-order valence-corrected chi connectivity index (χ1v) is 8.35. The van der Waals surface area contributed by atoms with Crippen molar-refractivity contribution in [2.75, 3.05) is 26.7 Å². The number of aryl methyl sites for hydroxylation is 1. The summed E-state index contributed by atoms with van der Waals surface area (Å²) in [6, 6.07) is 10.3. The molecule has 126 valence electrons. The van der Waals surface area contributed by atoms with Crippen LogP contribution in [0.2, 0.25) is 0 Å². The molecule has 2 aromatic rings. The van der Waals surface area contributed by atoms with Crippen molar-refractivity contribution in [1.82, 2.24) is 24.9 Å². The molecule has 0 unspecified atom stereocenters. The summed E-state index contributed by atoms with van der Waals surface area (Å²) in [6.45, 7) is 7.67. The van der Waals surface area contributed by atoms with Gasteiger partial charge in [0.15, 0.2) is 0 Å². The van der Waals surface area contributed by atoms with Crippen LogP contribution in [0.15, 0.2) is 30.3 Å². The normalized spacial score (nSPS) is 19.6. The van der Waals surface area contributed by atoms with Gasteiger partial charge in [0.1, 0.15) is 0 Å². The second-order valence-electron chi connectivity index (χ2n) is 6.98. The van der Waals surface area contributed by atoms with Crippen LogP contribution >= 0.6 is 0 Å². The number of rotatable bonds is 3. The van der Waals surface area contributed by atoms with Gasteiger partial charge in [0.25, 0.3) is 0 Å². The molecule has 2 saturated heterocycles. The first kappa shape index (κ1) is 15.2. The zero-order valence-electron chi connectivity index (χ0n) is 14.4. The van der Waals surface area contributed by atoms with Gasteiger partial charge in [0, 0.05) is 44.5 Å². The van der Waals surface area contributed by atoms with Gasteiger partial charge in [-0.3, -0.25) is 4.90 Å². The van der Waals surface area contributed by atoms with Crippen molar-refractivity contribution in [3.05, 3.63) is 47.3 Å². The van der Waals surface area contributed by atoms with Crippen molar-refractivity contribution >= 4 is 6.03 Å². The van der Waals surface area contributed by atoms with E-state index in [2.05, 4.69) is 36.2 Å². The second-order valence-corrected chi connectivity index (χ2v) is 6.98. The van der Waals surface area contributed by atoms with Gasteiger partial charge >= 0.3 is 6.03 Å². The lowest BCUT2D eigenvalue weighted by Gasteiger charge is -2.50. The van der Waals surface area contributed by atoms with Crippen LogP contribution in [0.5, 0.6) is 0 Å². The number of urea groups is 1. The molecule has 1 N–H and O–H groups in total. The summed E-state index contributed by atoms with van der Waals surface area (Å²) < 4.78 is 2.02. The number of para-hydroxylation sites is 1. The van der Waals surface area contributed by atoms with Crippen LogP contribution in [0.1, 0.15) is 17.0 Å². The Bertz CT molecular complexity index is 776. The quantitative estimate of drug-likeness (QED) is 0.934. The highest BCUT2D eigenvalue weighted by Gasteiger charge is 2.51. The lowest BCUT2D eigenvalue weighted by Crippen LogP contribution is -2.68. The molecule has 2 aliphatic heterocycles. The third-order valence-corrected chi connectivity index (χ3v) is 5.44. The fourth-order valence-corrected chi connectivity index (χ4v) is 3.86. The van der Waals surface area contributed by atoms with Crippen LogP contribution in [-0.2, 0) is 6.54 Å². The van der Waals surface area contributed by atoms with Crippen LogP contribution in [0.25, 0.3) is 5.69 Å². The number of likely N-dealkylation sites (tertiary alicyclic amines) is 1. The van der Waals surface area contributed by atoms with E-state index in [4.69, 9.17) is 5.10 Å². The van der Waals surface area contributed by atoms with E-state index in [1.165, 1.54) is 11.3 Å². The van der Waals surface area contributed by atoms with Crippen molar-refractivity contribution in [2.45, 2.75) is 25.9 Å². The first-order valence-electron chi connectivity index (χ1n) is 8.35. The molecule has 2 aliphatic rings. The maximum atomic E-state index is 11.7. The average Bonchev–Trinajstić information content (AvgIpc) is 3.00. The summed E-state index contributed by atoms with van der Waals surface area (Å²) in [5.41, 5.74) is 4.62. The van der Waals surface area contributed by atoms with Crippen molar-refractivity contribution in [2.24, 2.45) is 0 Å². The average molecular weight is 325 g/mol. The van der Waals surface area contributed by atoms with Gasteiger partial charge in [-0.15, -0.1) is 0 Å². The van der Waals surface area contributed by atoms with E-state index < -0.39 is 0 Å². The van der Waals surface area contributed by atoms with Gasteiger partial charge in [-0.2, -0.15) is 5.10 Å². The summed E-state index contributed by atoms with van der Waals surface area (Å²) in [5, 5.41) is 7.66. The number of hydrogen-bond donors (Lipinski definition) is 1. The summed E-state index contributed by atoms with van der Waals surface area (Å²) in [6.07, 6.45) is 0. The molecule has 4 rings (SSSR count). The number of carbonyl (C=O) groups is 1. The third-order valence-electron chi connectivity index (χ3n) is 5.44. The van der Waals surface area contributed by atoms with Crippen molar-refractivity contribution in [3.8, 4) is 5.69 Å². The Hall–Kier alpha value is -2.34. The number of aromatic nitrogens is 2. The van der Waals surface area contributed by atoms with E-state index in [-0.39, 0.29) is 11.6 Å². The summed E-state index contributed by atoms with van der Waals surface area (Å²) >= 11 is 0. The molecule has 6 heteroatoms. The molecular formula is C18H23N5O. The number of nitrogens with zero attached hydrogens (tertiary/aromatic N) is 4. The van der Waals surface area contributed by atoms with E-state index in [0.717, 1.165) is 37.6 Å². The lowest BCUT2D eigenvalue weighted by atomic mass is 9.89. The lowest BCUT2D eigenvalue weighted by molar-refractivity contribution is -0.00129. The van der Waals surface area contributed by atoms with Crippen LogP contribution in [-0.4, -0.2) is 57.8 Å². The van der Waals surface area contributed by atoms with Gasteiger partial charge in [0.05, 0.1) is 16.9 Å². The Labute approximate surface area is 142 Å². The smallest absolute Gasteiger partial charge is 0.317 e. The molecule has 0 bridgehead atoms. The Morgan fingerprint density at radius 2 is 1.92 bits per heavy atom. The Balaban J connectivity index is 1.51. The van der Waals surface area contributed by atoms with E-state index in [1.54, 1.807) is 0 Å². The topological polar surface area (TPSA) is 53.4 Å². The van der Waals surface area contributed by atoms with Gasteiger partial charge in [-0.1, -0.05) is 18.2 Å². The first-order chi connectivity index (χ1) is 11.5. The third kappa shape index (κ3) is 2.21. The predicted octanol–water partition coefficient (Wildman–Crippen LogP) is 1.70. The molecular weight excluding hydrogens is 302 g/mol. The van der Waals surface area contributed by atoms with Crippen molar-refractivity contribution < 1.29 is 4.79 Å². The molecule has 2 amide bonds. The molecule has 2 fully saturated rings. The highest BCUT2D eigenvalue weighted by molar-refractivity contribution is 5.78. The monoisotopic (exact) mass is 325 g/mol. The molecule has 6 nitrogen and oxygen atoms in total. The molecule has 1 aromatic carbocycles. The summed E-state index contributed by atoms with van der Waals surface area (Å²) in [4.78, 5) is 15.9. The Morgan fingerprint density at radius 3 is 2.54 bits per heavy atom. The standard InChI is InChI=1S/C18H23N5O/c1-13-16(14(2)23(20-13)15-7-5-4-6-8-15)9-22-11-18(12-22)10-19-17(24)21(18)3/h4-8H,9-12H2,1-3H3,(H,19,24). The number of carbonyl (C=O) groups excluding carboxylic acids is 1. The summed E-state index contributed by atoms with van der Waals surface area (Å²) in [7, 11) is 1.89. The maximum Gasteiger partial charge on any atom is 0.317 e. The minimum Gasteiger partial charge on any atom is -0.336 e. The number of likely N-dealkylation sites (N-methyl/N-ethyl adjacent to an activating group) is 1. The minimum atomic E-state index is -0.0195. The molecule has 1 spiro atoms. The molecule has 0 aliphatic carbocycles. The predicted molar refractivity (Wildman–Crippen MR) is 92.2 cm³/mol. The number of amides is 2. The van der Waals surface area contributed by atoms with Crippen molar-refractivity contribution in [1.29, 1.82) is 0 Å². The van der Waals surface area contributed by atoms with E-state index in [9.17, 15) is 4.79 Å². The van der Waals surface area contributed by atoms with Gasteiger partial charge in [-0.25, -0.2) is 9.48 Å². The van der Waals surface area contributed by atoms with Gasteiger partial charge in [0.2, 0.25) is 0 Å². The van der Waals surface area contributed by atoms with Crippen LogP contribution < -0.4 is 5.32 Å². The molecule has 0 radical (unpaired) electrons. The zero-order chi connectivity index (χ0) is 16.9. The molecule has 1 aromatic heterocycles. The molecule has 3 heterocycles. The van der Waals surface area contributed by atoms with Crippen LogP contribution in [0.3, 0.4) is 0 Å². The fraction of sp³-hybridized carbons (Fsp3) is 0.444. The number of hydrogen-bond acceptors (Lipinski definition) is 3. The number of nitrogens with one attached hydrogen (secondary N) is 1. The zero-order valence-corrected chi connectivity index (χ0v) is 14.4. The van der Waals surface area contributed by atoms with E-state index in [1.807, 2.05) is 34.8 Å². The maximum absolute atomic E-state index is 11.7. The Kier molecular flexibility index (Phi) is 3.38. The van der Waals surface area contributed by atoms with Gasteiger partial charge in [-0.05, 0) is 26.0 Å². The molecule has 0 atom stereocenters. The highest BCUT2D eigenvalue weighted by Crippen LogP contribution is 2.32. The summed E-state index contributed by atoms with van der Waals surface area (Å²) in [5.74, 6) is 0. The number of benzene rings is 1. The molecule has 0 saturated carbocycles. The SMILES string of the molecule is Cc1nn(-c2ccccc2)c(C)c1CN1CC2(CNC(=O)N2C)C1. The fourth-order valence-electron chi connectivity index (χ4n) is 3.86. The second kappa shape index (κ2) is 5.34. The van der Waals surface area contributed by atoms with Crippen LogP contribution in [0, 0.1) is 13.8 Å². The molecule has 24 heavy (non-hydrogen) atoms. The largest absolute Gasteiger partial charge is 0.336 e. The van der Waals surface area contributed by atoms with E-state index >= 15 is 0 Å². The van der Waals surface area contributed by atoms with E-state index in [0.29, 0.717) is 0 Å². The Morgan fingerprint density at radius 1 is 1.21 bits per heavy atom. The van der Waals surface area contributed by atoms with Gasteiger partial charge < -0.3 is 10.2 Å². The highest BCUT2D eigenvalue weighted by atomic mass is 16.2. The van der Waals surface area contributed by atoms with Crippen molar-refractivity contribution in [3.63, 3.8) is 0 Å². The van der Waals surface area contributed by atoms with Crippen LogP contribution in [0.4, 0.5) is 4.79 Å².